The van der Waals surface area contributed by atoms with Crippen LogP contribution in [0, 0.1) is 13.8 Å². The van der Waals surface area contributed by atoms with Crippen molar-refractivity contribution >= 4 is 11.6 Å². The van der Waals surface area contributed by atoms with Crippen molar-refractivity contribution in [3.8, 4) is 11.4 Å². The van der Waals surface area contributed by atoms with Crippen molar-refractivity contribution in [1.29, 1.82) is 0 Å². The Kier molecular flexibility index (Phi) is 5.68. The van der Waals surface area contributed by atoms with E-state index >= 15 is 0 Å². The topological polar surface area (TPSA) is 43.3 Å². The van der Waals surface area contributed by atoms with Crippen LogP contribution in [0.15, 0.2) is 54.6 Å². The van der Waals surface area contributed by atoms with E-state index in [-0.39, 0.29) is 5.69 Å². The lowest BCUT2D eigenvalue weighted by atomic mass is 10.1. The third-order valence-electron chi connectivity index (χ3n) is 4.56. The van der Waals surface area contributed by atoms with Gasteiger partial charge < -0.3 is 14.6 Å². The zero-order chi connectivity index (χ0) is 21.2. The Balaban J connectivity index is 2.01. The molecule has 0 bridgehead atoms. The molecule has 1 aromatic heterocycles. The van der Waals surface area contributed by atoms with Gasteiger partial charge in [0.15, 0.2) is 0 Å². The Morgan fingerprint density at radius 2 is 1.72 bits per heavy atom. The summed E-state index contributed by atoms with van der Waals surface area (Å²) in [6.07, 6.45) is -4.50. The Hall–Kier alpha value is -3.22. The van der Waals surface area contributed by atoms with Gasteiger partial charge in [0.2, 0.25) is 0 Å². The average molecular weight is 402 g/mol. The second-order valence-corrected chi connectivity index (χ2v) is 6.52. The number of amides is 1. The molecule has 0 aliphatic heterocycles. The van der Waals surface area contributed by atoms with Crippen molar-refractivity contribution in [2.75, 3.05) is 11.9 Å². The first-order valence-corrected chi connectivity index (χ1v) is 9.12. The van der Waals surface area contributed by atoms with Gasteiger partial charge in [0.1, 0.15) is 5.75 Å². The highest BCUT2D eigenvalue weighted by atomic mass is 19.4. The summed E-state index contributed by atoms with van der Waals surface area (Å²) >= 11 is 0. The minimum absolute atomic E-state index is 0.0104. The van der Waals surface area contributed by atoms with Crippen molar-refractivity contribution in [1.82, 2.24) is 4.57 Å². The first-order valence-electron chi connectivity index (χ1n) is 9.12. The van der Waals surface area contributed by atoms with Gasteiger partial charge in [0.25, 0.3) is 5.91 Å². The lowest BCUT2D eigenvalue weighted by Crippen LogP contribution is -2.15. The summed E-state index contributed by atoms with van der Waals surface area (Å²) in [6.45, 7) is 5.58. The van der Waals surface area contributed by atoms with Crippen molar-refractivity contribution < 1.29 is 22.7 Å². The zero-order valence-corrected chi connectivity index (χ0v) is 16.3. The van der Waals surface area contributed by atoms with Crippen molar-refractivity contribution in [2.45, 2.75) is 26.9 Å². The minimum Gasteiger partial charge on any atom is -0.492 e. The molecule has 1 heterocycles. The molecule has 0 fully saturated rings. The first-order chi connectivity index (χ1) is 13.7. The number of para-hydroxylation sites is 3. The summed E-state index contributed by atoms with van der Waals surface area (Å²) in [4.78, 5) is 12.9. The molecule has 1 amide bonds. The molecule has 0 aliphatic rings. The smallest absolute Gasteiger partial charge is 0.418 e. The van der Waals surface area contributed by atoms with Gasteiger partial charge >= 0.3 is 6.18 Å². The molecule has 0 unspecified atom stereocenters. The van der Waals surface area contributed by atoms with Crippen LogP contribution in [0.4, 0.5) is 18.9 Å². The van der Waals surface area contributed by atoms with Gasteiger partial charge in [0, 0.05) is 11.4 Å². The number of carbonyl (C=O) groups excluding carboxylic acids is 1. The van der Waals surface area contributed by atoms with Crippen LogP contribution in [-0.2, 0) is 6.18 Å². The van der Waals surface area contributed by atoms with E-state index in [0.717, 1.165) is 6.07 Å². The van der Waals surface area contributed by atoms with Crippen LogP contribution >= 0.6 is 0 Å². The lowest BCUT2D eigenvalue weighted by Gasteiger charge is -2.17. The summed E-state index contributed by atoms with van der Waals surface area (Å²) in [7, 11) is 0. The van der Waals surface area contributed by atoms with Crippen LogP contribution in [-0.4, -0.2) is 17.1 Å². The van der Waals surface area contributed by atoms with Gasteiger partial charge in [-0.1, -0.05) is 24.3 Å². The monoisotopic (exact) mass is 402 g/mol. The summed E-state index contributed by atoms with van der Waals surface area (Å²) < 4.78 is 47.3. The molecule has 152 valence electrons. The largest absolute Gasteiger partial charge is 0.492 e. The quantitative estimate of drug-likeness (QED) is 0.589. The maximum Gasteiger partial charge on any atom is 0.418 e. The lowest BCUT2D eigenvalue weighted by molar-refractivity contribution is -0.137. The fourth-order valence-corrected chi connectivity index (χ4v) is 3.31. The molecule has 0 saturated heterocycles. The molecule has 0 atom stereocenters. The van der Waals surface area contributed by atoms with Crippen molar-refractivity contribution in [3.63, 3.8) is 0 Å². The van der Waals surface area contributed by atoms with Crippen molar-refractivity contribution in [3.05, 3.63) is 77.1 Å². The number of carbonyl (C=O) groups is 1. The summed E-state index contributed by atoms with van der Waals surface area (Å²) in [6, 6.07) is 13.9. The number of halogens is 3. The van der Waals surface area contributed by atoms with Gasteiger partial charge in [-0.2, -0.15) is 13.2 Å². The predicted octanol–water partition coefficient (Wildman–Crippen LogP) is 5.76. The molecule has 7 heteroatoms. The van der Waals surface area contributed by atoms with E-state index in [1.807, 2.05) is 6.92 Å². The second-order valence-electron chi connectivity index (χ2n) is 6.52. The highest BCUT2D eigenvalue weighted by molar-refractivity contribution is 6.06. The molecule has 4 nitrogen and oxygen atoms in total. The summed E-state index contributed by atoms with van der Waals surface area (Å²) in [5, 5.41) is 2.79. The van der Waals surface area contributed by atoms with Crippen LogP contribution in [0.2, 0.25) is 0 Å². The van der Waals surface area contributed by atoms with Gasteiger partial charge in [-0.05, 0) is 51.1 Å². The molecule has 3 aromatic rings. The molecule has 0 aliphatic carbocycles. The van der Waals surface area contributed by atoms with Gasteiger partial charge in [-0.15, -0.1) is 0 Å². The molecule has 29 heavy (non-hydrogen) atoms. The molecule has 2 aromatic carbocycles. The van der Waals surface area contributed by atoms with E-state index in [1.165, 1.54) is 16.7 Å². The van der Waals surface area contributed by atoms with E-state index in [0.29, 0.717) is 35.0 Å². The van der Waals surface area contributed by atoms with E-state index < -0.39 is 17.6 Å². The fourth-order valence-electron chi connectivity index (χ4n) is 3.31. The van der Waals surface area contributed by atoms with E-state index in [1.54, 1.807) is 50.2 Å². The van der Waals surface area contributed by atoms with E-state index in [2.05, 4.69) is 5.32 Å². The molecule has 1 N–H and O–H groups in total. The molecule has 3 rings (SSSR count). The van der Waals surface area contributed by atoms with Crippen LogP contribution in [0.3, 0.4) is 0 Å². The first kappa shape index (κ1) is 20.5. The zero-order valence-electron chi connectivity index (χ0n) is 16.3. The second kappa shape index (κ2) is 8.03. The number of alkyl halides is 3. The predicted molar refractivity (Wildman–Crippen MR) is 106 cm³/mol. The maximum atomic E-state index is 13.5. The number of aryl methyl sites for hydroxylation is 1. The Morgan fingerprint density at radius 1 is 1.07 bits per heavy atom. The van der Waals surface area contributed by atoms with Gasteiger partial charge in [-0.3, -0.25) is 4.79 Å². The fraction of sp³-hybridized carbons (Fsp3) is 0.227. The summed E-state index contributed by atoms with van der Waals surface area (Å²) in [5.41, 5.74) is 0.984. The third-order valence-corrected chi connectivity index (χ3v) is 4.56. The molecule has 0 radical (unpaired) electrons. The molecule has 0 saturated carbocycles. The molecular weight excluding hydrogens is 381 g/mol. The number of benzene rings is 2. The summed E-state index contributed by atoms with van der Waals surface area (Å²) in [5.74, 6) is 0.112. The number of rotatable bonds is 5. The highest BCUT2D eigenvalue weighted by Crippen LogP contribution is 2.35. The number of nitrogens with one attached hydrogen (secondary N) is 1. The number of hydrogen-bond donors (Lipinski definition) is 1. The van der Waals surface area contributed by atoms with Crippen LogP contribution in [0.5, 0.6) is 5.75 Å². The SMILES string of the molecule is CCOc1ccccc1NC(=O)c1cc(C)n(-c2ccccc2C(F)(F)F)c1C. The Morgan fingerprint density at radius 3 is 2.41 bits per heavy atom. The standard InChI is InChI=1S/C22H21F3N2O2/c1-4-29-20-12-8-6-10-18(20)26-21(28)16-13-14(2)27(15(16)3)19-11-7-5-9-17(19)22(23,24)25/h5-13H,4H2,1-3H3,(H,26,28). The Labute approximate surface area is 166 Å². The number of aromatic nitrogens is 1. The Bertz CT molecular complexity index is 1040. The van der Waals surface area contributed by atoms with Crippen molar-refractivity contribution in [2.24, 2.45) is 0 Å². The number of hydrogen-bond acceptors (Lipinski definition) is 2. The molecule has 0 spiro atoms. The third kappa shape index (κ3) is 4.13. The minimum atomic E-state index is -4.50. The van der Waals surface area contributed by atoms with Gasteiger partial charge in [0.05, 0.1) is 29.1 Å². The highest BCUT2D eigenvalue weighted by Gasteiger charge is 2.34. The maximum absolute atomic E-state index is 13.5. The van der Waals surface area contributed by atoms with Crippen LogP contribution < -0.4 is 10.1 Å². The number of nitrogens with zero attached hydrogens (tertiary/aromatic N) is 1. The van der Waals surface area contributed by atoms with Crippen LogP contribution in [0.1, 0.15) is 34.2 Å². The number of ether oxygens (including phenoxy) is 1. The van der Waals surface area contributed by atoms with E-state index in [9.17, 15) is 18.0 Å². The molecular formula is C22H21F3N2O2. The van der Waals surface area contributed by atoms with Gasteiger partial charge in [-0.25, -0.2) is 0 Å². The average Bonchev–Trinajstić information content (AvgIpc) is 2.97. The van der Waals surface area contributed by atoms with E-state index in [4.69, 9.17) is 4.74 Å². The normalized spacial score (nSPS) is 11.4. The van der Waals surface area contributed by atoms with Crippen LogP contribution in [0.25, 0.3) is 5.69 Å². The number of anilines is 1.